The molecule has 0 aromatic carbocycles. The third kappa shape index (κ3) is 5.25. The number of hydrogen-bond acceptors (Lipinski definition) is 7. The Bertz CT molecular complexity index is 347. The Morgan fingerprint density at radius 2 is 1.68 bits per heavy atom. The summed E-state index contributed by atoms with van der Waals surface area (Å²) in [5, 5.41) is 0. The van der Waals surface area contributed by atoms with Gasteiger partial charge in [-0.25, -0.2) is 0 Å². The van der Waals surface area contributed by atoms with Crippen LogP contribution < -0.4 is 0 Å². The van der Waals surface area contributed by atoms with Crippen molar-refractivity contribution in [2.24, 2.45) is 0 Å². The number of carbonyl (C=O) groups excluding carboxylic acids is 3. The first-order chi connectivity index (χ1) is 8.83. The van der Waals surface area contributed by atoms with Crippen molar-refractivity contribution in [2.75, 3.05) is 6.61 Å². The van der Waals surface area contributed by atoms with Crippen LogP contribution in [0.25, 0.3) is 0 Å². The van der Waals surface area contributed by atoms with Gasteiger partial charge in [0.25, 0.3) is 0 Å². The molecule has 0 spiro atoms. The van der Waals surface area contributed by atoms with Crippen molar-refractivity contribution in [3.05, 3.63) is 0 Å². The standard InChI is InChI=1S/C12H18O7/c1-8(13)16-7-11-5-4-6-12(19-11,17-9(2)14)18-10(3)15/h11H,4-7H2,1-3H3. The van der Waals surface area contributed by atoms with Gasteiger partial charge in [0.05, 0.1) is 12.5 Å². The summed E-state index contributed by atoms with van der Waals surface area (Å²) in [4.78, 5) is 32.9. The molecule has 0 amide bonds. The van der Waals surface area contributed by atoms with Crippen LogP contribution in [0.3, 0.4) is 0 Å². The molecule has 0 aromatic rings. The molecule has 0 aromatic heterocycles. The third-order valence-corrected chi connectivity index (χ3v) is 2.43. The van der Waals surface area contributed by atoms with Gasteiger partial charge in [-0.2, -0.15) is 0 Å². The highest BCUT2D eigenvalue weighted by Gasteiger charge is 2.44. The van der Waals surface area contributed by atoms with Crippen molar-refractivity contribution < 1.29 is 33.3 Å². The van der Waals surface area contributed by atoms with Crippen LogP contribution in [0.15, 0.2) is 0 Å². The zero-order chi connectivity index (χ0) is 14.5. The van der Waals surface area contributed by atoms with Crippen molar-refractivity contribution in [3.8, 4) is 0 Å². The summed E-state index contributed by atoms with van der Waals surface area (Å²) < 4.78 is 20.3. The molecule has 0 radical (unpaired) electrons. The quantitative estimate of drug-likeness (QED) is 0.555. The van der Waals surface area contributed by atoms with Gasteiger partial charge in [-0.15, -0.1) is 0 Å². The van der Waals surface area contributed by atoms with Crippen LogP contribution in [-0.2, 0) is 33.3 Å². The summed E-state index contributed by atoms with van der Waals surface area (Å²) >= 11 is 0. The monoisotopic (exact) mass is 274 g/mol. The van der Waals surface area contributed by atoms with Gasteiger partial charge in [-0.05, 0) is 12.8 Å². The first-order valence-corrected chi connectivity index (χ1v) is 6.03. The van der Waals surface area contributed by atoms with E-state index < -0.39 is 30.0 Å². The number of hydrogen-bond donors (Lipinski definition) is 0. The van der Waals surface area contributed by atoms with Gasteiger partial charge in [0.15, 0.2) is 0 Å². The summed E-state index contributed by atoms with van der Waals surface area (Å²) in [5.41, 5.74) is 0. The molecule has 1 fully saturated rings. The highest BCUT2D eigenvalue weighted by atomic mass is 16.9. The molecule has 1 heterocycles. The van der Waals surface area contributed by atoms with Gasteiger partial charge in [0, 0.05) is 20.8 Å². The second-order valence-corrected chi connectivity index (χ2v) is 4.30. The van der Waals surface area contributed by atoms with Gasteiger partial charge in [-0.3, -0.25) is 14.4 Å². The normalized spacial score (nSPS) is 21.3. The minimum Gasteiger partial charge on any atom is -0.463 e. The van der Waals surface area contributed by atoms with Crippen LogP contribution in [-0.4, -0.2) is 36.6 Å². The van der Waals surface area contributed by atoms with Crippen molar-refractivity contribution in [1.29, 1.82) is 0 Å². The summed E-state index contributed by atoms with van der Waals surface area (Å²) in [7, 11) is 0. The molecule has 7 nitrogen and oxygen atoms in total. The maximum Gasteiger partial charge on any atom is 0.376 e. The molecule has 108 valence electrons. The minimum absolute atomic E-state index is 0.0274. The van der Waals surface area contributed by atoms with Crippen LogP contribution in [0.5, 0.6) is 0 Å². The Labute approximate surface area is 111 Å². The summed E-state index contributed by atoms with van der Waals surface area (Å²) in [6, 6.07) is 0. The van der Waals surface area contributed by atoms with Crippen molar-refractivity contribution in [2.45, 2.75) is 52.1 Å². The van der Waals surface area contributed by atoms with E-state index in [9.17, 15) is 14.4 Å². The fraction of sp³-hybridized carbons (Fsp3) is 0.750. The van der Waals surface area contributed by atoms with Crippen LogP contribution >= 0.6 is 0 Å². The van der Waals surface area contributed by atoms with E-state index in [1.165, 1.54) is 20.8 Å². The van der Waals surface area contributed by atoms with Crippen LogP contribution in [0.2, 0.25) is 0 Å². The maximum atomic E-state index is 11.1. The van der Waals surface area contributed by atoms with E-state index in [0.717, 1.165) is 0 Å². The maximum absolute atomic E-state index is 11.1. The predicted molar refractivity (Wildman–Crippen MR) is 61.6 cm³/mol. The van der Waals surface area contributed by atoms with Gasteiger partial charge in [0.2, 0.25) is 0 Å². The van der Waals surface area contributed by atoms with Crippen molar-refractivity contribution in [1.82, 2.24) is 0 Å². The molecular weight excluding hydrogens is 256 g/mol. The molecule has 1 aliphatic heterocycles. The molecule has 19 heavy (non-hydrogen) atoms. The minimum atomic E-state index is -1.71. The van der Waals surface area contributed by atoms with Crippen molar-refractivity contribution in [3.63, 3.8) is 0 Å². The van der Waals surface area contributed by atoms with Gasteiger partial charge in [-0.1, -0.05) is 0 Å². The van der Waals surface area contributed by atoms with E-state index in [0.29, 0.717) is 12.8 Å². The lowest BCUT2D eigenvalue weighted by atomic mass is 10.1. The molecule has 0 N–H and O–H groups in total. The van der Waals surface area contributed by atoms with E-state index in [1.54, 1.807) is 0 Å². The number of ether oxygens (including phenoxy) is 4. The summed E-state index contributed by atoms with van der Waals surface area (Å²) in [5.74, 6) is -3.37. The zero-order valence-corrected chi connectivity index (χ0v) is 11.3. The molecule has 0 saturated carbocycles. The molecule has 1 unspecified atom stereocenters. The molecule has 1 aliphatic rings. The molecule has 1 atom stereocenters. The largest absolute Gasteiger partial charge is 0.463 e. The fourth-order valence-corrected chi connectivity index (χ4v) is 1.85. The summed E-state index contributed by atoms with van der Waals surface area (Å²) in [6.07, 6.45) is 1.02. The average molecular weight is 274 g/mol. The Morgan fingerprint density at radius 3 is 2.16 bits per heavy atom. The molecule has 1 saturated heterocycles. The smallest absolute Gasteiger partial charge is 0.376 e. The topological polar surface area (TPSA) is 88.1 Å². The van der Waals surface area contributed by atoms with Crippen LogP contribution in [0, 0.1) is 0 Å². The summed E-state index contributed by atoms with van der Waals surface area (Å²) in [6.45, 7) is 3.71. The van der Waals surface area contributed by atoms with E-state index in [2.05, 4.69) is 0 Å². The van der Waals surface area contributed by atoms with Crippen LogP contribution in [0.4, 0.5) is 0 Å². The predicted octanol–water partition coefficient (Wildman–Crippen LogP) is 0.899. The first kappa shape index (κ1) is 15.4. The zero-order valence-electron chi connectivity index (χ0n) is 11.3. The van der Waals surface area contributed by atoms with Crippen LogP contribution in [0.1, 0.15) is 40.0 Å². The molecule has 0 bridgehead atoms. The van der Waals surface area contributed by atoms with Gasteiger partial charge < -0.3 is 18.9 Å². The Kier molecular flexibility index (Phi) is 5.29. The lowest BCUT2D eigenvalue weighted by molar-refractivity contribution is -0.375. The highest BCUT2D eigenvalue weighted by molar-refractivity contribution is 5.68. The van der Waals surface area contributed by atoms with Crippen molar-refractivity contribution >= 4 is 17.9 Å². The van der Waals surface area contributed by atoms with Gasteiger partial charge >= 0.3 is 23.9 Å². The van der Waals surface area contributed by atoms with E-state index in [-0.39, 0.29) is 13.0 Å². The lowest BCUT2D eigenvalue weighted by Gasteiger charge is -2.38. The van der Waals surface area contributed by atoms with Gasteiger partial charge in [0.1, 0.15) is 6.61 Å². The van der Waals surface area contributed by atoms with E-state index in [4.69, 9.17) is 18.9 Å². The lowest BCUT2D eigenvalue weighted by Crippen LogP contribution is -2.48. The average Bonchev–Trinajstić information content (AvgIpc) is 2.24. The molecule has 7 heteroatoms. The first-order valence-electron chi connectivity index (χ1n) is 6.03. The number of rotatable bonds is 4. The number of carbonyl (C=O) groups is 3. The fourth-order valence-electron chi connectivity index (χ4n) is 1.85. The molecule has 0 aliphatic carbocycles. The van der Waals surface area contributed by atoms with E-state index >= 15 is 0 Å². The van der Waals surface area contributed by atoms with E-state index in [1.807, 2.05) is 0 Å². The third-order valence-electron chi connectivity index (χ3n) is 2.43. The Balaban J connectivity index is 2.70. The Hall–Kier alpha value is -1.63. The number of esters is 3. The highest BCUT2D eigenvalue weighted by Crippen LogP contribution is 2.31. The molecular formula is C12H18O7. The Morgan fingerprint density at radius 1 is 1.11 bits per heavy atom. The SMILES string of the molecule is CC(=O)OCC1CCCC(OC(C)=O)(OC(C)=O)O1. The second kappa shape index (κ2) is 6.51. The second-order valence-electron chi connectivity index (χ2n) is 4.30. The molecule has 1 rings (SSSR count).